The molecule has 0 aromatic heterocycles. The van der Waals surface area contributed by atoms with Crippen molar-refractivity contribution < 1.29 is 19.1 Å². The summed E-state index contributed by atoms with van der Waals surface area (Å²) in [5.74, 6) is 0.448. The van der Waals surface area contributed by atoms with Crippen LogP contribution in [0.3, 0.4) is 0 Å². The molecule has 0 spiro atoms. The van der Waals surface area contributed by atoms with E-state index in [0.717, 1.165) is 24.2 Å². The Balaban J connectivity index is 1.83. The fourth-order valence-electron chi connectivity index (χ4n) is 5.71. The molecular formula is C30H45N3O4. The first-order chi connectivity index (χ1) is 17.6. The number of rotatable bonds is 10. The van der Waals surface area contributed by atoms with Crippen LogP contribution in [0.1, 0.15) is 85.1 Å². The second-order valence-corrected chi connectivity index (χ2v) is 11.1. The lowest BCUT2D eigenvalue weighted by molar-refractivity contribution is -0.139. The first-order valence-corrected chi connectivity index (χ1v) is 13.9. The third-order valence-electron chi connectivity index (χ3n) is 7.76. The molecule has 0 bridgehead atoms. The van der Waals surface area contributed by atoms with E-state index >= 15 is 0 Å². The average molecular weight is 512 g/mol. The van der Waals surface area contributed by atoms with Crippen molar-refractivity contribution in [2.24, 2.45) is 11.8 Å². The monoisotopic (exact) mass is 511 g/mol. The maximum absolute atomic E-state index is 13.8. The van der Waals surface area contributed by atoms with Gasteiger partial charge in [0.25, 0.3) is 5.91 Å². The van der Waals surface area contributed by atoms with Crippen molar-refractivity contribution in [2.45, 2.75) is 98.2 Å². The molecule has 0 saturated heterocycles. The van der Waals surface area contributed by atoms with Crippen molar-refractivity contribution in [2.75, 3.05) is 13.7 Å². The highest BCUT2D eigenvalue weighted by molar-refractivity contribution is 5.98. The third kappa shape index (κ3) is 7.36. The summed E-state index contributed by atoms with van der Waals surface area (Å²) in [5, 5.41) is 3.08. The second-order valence-electron chi connectivity index (χ2n) is 11.1. The van der Waals surface area contributed by atoms with Crippen molar-refractivity contribution in [3.05, 3.63) is 41.1 Å². The van der Waals surface area contributed by atoms with Crippen LogP contribution in [-0.2, 0) is 20.9 Å². The number of allylic oxidation sites excluding steroid dienone is 1. The van der Waals surface area contributed by atoms with E-state index < -0.39 is 5.92 Å². The van der Waals surface area contributed by atoms with E-state index in [9.17, 15) is 14.4 Å². The Morgan fingerprint density at radius 3 is 2.24 bits per heavy atom. The molecule has 1 aromatic carbocycles. The number of ether oxygens (including phenoxy) is 1. The number of methoxy groups -OCH3 is 1. The predicted molar refractivity (Wildman–Crippen MR) is 146 cm³/mol. The van der Waals surface area contributed by atoms with Crippen LogP contribution in [0.5, 0.6) is 5.75 Å². The molecule has 37 heavy (non-hydrogen) atoms. The molecule has 1 aliphatic heterocycles. The molecule has 1 atom stereocenters. The van der Waals surface area contributed by atoms with Crippen LogP contribution in [0, 0.1) is 11.8 Å². The molecule has 204 valence electrons. The van der Waals surface area contributed by atoms with Gasteiger partial charge < -0.3 is 19.9 Å². The zero-order valence-electron chi connectivity index (χ0n) is 23.5. The number of benzene rings is 1. The minimum atomic E-state index is -0.562. The molecule has 1 fully saturated rings. The molecule has 1 aliphatic carbocycles. The van der Waals surface area contributed by atoms with Gasteiger partial charge in [-0.25, -0.2) is 0 Å². The van der Waals surface area contributed by atoms with Crippen molar-refractivity contribution in [3.8, 4) is 5.75 Å². The molecule has 0 radical (unpaired) electrons. The Kier molecular flexibility index (Phi) is 10.2. The Labute approximate surface area is 222 Å². The quantitative estimate of drug-likeness (QED) is 0.477. The minimum Gasteiger partial charge on any atom is -0.497 e. The van der Waals surface area contributed by atoms with E-state index in [4.69, 9.17) is 4.74 Å². The zero-order valence-corrected chi connectivity index (χ0v) is 23.5. The molecular weight excluding hydrogens is 466 g/mol. The lowest BCUT2D eigenvalue weighted by atomic mass is 9.87. The highest BCUT2D eigenvalue weighted by Crippen LogP contribution is 2.33. The molecule has 2 aliphatic rings. The van der Waals surface area contributed by atoms with Gasteiger partial charge in [0.05, 0.1) is 19.6 Å². The van der Waals surface area contributed by atoms with Gasteiger partial charge in [-0.15, -0.1) is 0 Å². The van der Waals surface area contributed by atoms with Gasteiger partial charge in [-0.2, -0.15) is 0 Å². The SMILES string of the molecule is COc1ccc(CN2C(=O)C(CC(=O)NCC3CCCCC3)CC(C(=O)N(C(C)C)C(C)C)=C2C)cc1. The van der Waals surface area contributed by atoms with Crippen LogP contribution in [0.15, 0.2) is 35.5 Å². The van der Waals surface area contributed by atoms with Gasteiger partial charge in [0.15, 0.2) is 0 Å². The maximum atomic E-state index is 13.8. The number of carbonyl (C=O) groups excluding carboxylic acids is 3. The fourth-order valence-corrected chi connectivity index (χ4v) is 5.71. The van der Waals surface area contributed by atoms with E-state index in [2.05, 4.69) is 5.32 Å². The van der Waals surface area contributed by atoms with Crippen molar-refractivity contribution >= 4 is 17.7 Å². The molecule has 3 amide bonds. The van der Waals surface area contributed by atoms with Gasteiger partial charge in [0, 0.05) is 36.3 Å². The van der Waals surface area contributed by atoms with Gasteiger partial charge >= 0.3 is 0 Å². The average Bonchev–Trinajstić information content (AvgIpc) is 2.87. The second kappa shape index (κ2) is 13.1. The molecule has 1 aromatic rings. The summed E-state index contributed by atoms with van der Waals surface area (Å²) in [5.41, 5.74) is 2.24. The normalized spacial score (nSPS) is 19.0. The van der Waals surface area contributed by atoms with Crippen LogP contribution in [0.25, 0.3) is 0 Å². The molecule has 7 nitrogen and oxygen atoms in total. The van der Waals surface area contributed by atoms with E-state index in [1.807, 2.05) is 63.8 Å². The van der Waals surface area contributed by atoms with Crippen molar-refractivity contribution in [1.82, 2.24) is 15.1 Å². The summed E-state index contributed by atoms with van der Waals surface area (Å²) in [6.45, 7) is 10.9. The highest BCUT2D eigenvalue weighted by atomic mass is 16.5. The van der Waals surface area contributed by atoms with E-state index in [1.54, 1.807) is 12.0 Å². The largest absolute Gasteiger partial charge is 0.497 e. The lowest BCUT2D eigenvalue weighted by Crippen LogP contribution is -2.47. The number of amides is 3. The summed E-state index contributed by atoms with van der Waals surface area (Å²) in [4.78, 5) is 43.9. The van der Waals surface area contributed by atoms with Gasteiger partial charge in [0.1, 0.15) is 5.75 Å². The van der Waals surface area contributed by atoms with Crippen LogP contribution in [-0.4, -0.2) is 53.3 Å². The Morgan fingerprint density at radius 2 is 1.68 bits per heavy atom. The molecule has 7 heteroatoms. The van der Waals surface area contributed by atoms with Crippen LogP contribution in [0.4, 0.5) is 0 Å². The Hall–Kier alpha value is -2.83. The molecule has 1 saturated carbocycles. The fraction of sp³-hybridized carbons (Fsp3) is 0.633. The van der Waals surface area contributed by atoms with Crippen LogP contribution in [0.2, 0.25) is 0 Å². The maximum Gasteiger partial charge on any atom is 0.252 e. The standard InChI is InChI=1S/C30H45N3O4/c1-20(2)33(21(3)4)30(36)27-16-25(17-28(34)31-18-23-10-8-7-9-11-23)29(35)32(22(27)5)19-24-12-14-26(37-6)15-13-24/h12-15,20-21,23,25H,7-11,16-19H2,1-6H3,(H,31,34). The first kappa shape index (κ1) is 28.7. The topological polar surface area (TPSA) is 79.0 Å². The van der Waals surface area contributed by atoms with Gasteiger partial charge in [-0.05, 0) is 77.5 Å². The number of nitrogens with zero attached hydrogens (tertiary/aromatic N) is 2. The van der Waals surface area contributed by atoms with Gasteiger partial charge in [-0.3, -0.25) is 14.4 Å². The predicted octanol–water partition coefficient (Wildman–Crippen LogP) is 5.05. The van der Waals surface area contributed by atoms with Crippen molar-refractivity contribution in [1.29, 1.82) is 0 Å². The molecule has 1 heterocycles. The Morgan fingerprint density at radius 1 is 1.05 bits per heavy atom. The summed E-state index contributed by atoms with van der Waals surface area (Å²) in [6.07, 6.45) is 6.41. The summed E-state index contributed by atoms with van der Waals surface area (Å²) in [7, 11) is 1.62. The summed E-state index contributed by atoms with van der Waals surface area (Å²) < 4.78 is 5.26. The van der Waals surface area contributed by atoms with Crippen LogP contribution < -0.4 is 10.1 Å². The van der Waals surface area contributed by atoms with E-state index in [-0.39, 0.29) is 42.6 Å². The molecule has 1 unspecified atom stereocenters. The highest BCUT2D eigenvalue weighted by Gasteiger charge is 2.38. The molecule has 1 N–H and O–H groups in total. The Bertz CT molecular complexity index is 969. The lowest BCUT2D eigenvalue weighted by Gasteiger charge is -2.38. The number of hydrogen-bond acceptors (Lipinski definition) is 4. The van der Waals surface area contributed by atoms with E-state index in [1.165, 1.54) is 19.3 Å². The summed E-state index contributed by atoms with van der Waals surface area (Å²) in [6, 6.07) is 7.64. The number of hydrogen-bond donors (Lipinski definition) is 1. The van der Waals surface area contributed by atoms with E-state index in [0.29, 0.717) is 30.3 Å². The molecule has 3 rings (SSSR count). The number of nitrogens with one attached hydrogen (secondary N) is 1. The number of carbonyl (C=O) groups is 3. The smallest absolute Gasteiger partial charge is 0.252 e. The minimum absolute atomic E-state index is 0.0257. The van der Waals surface area contributed by atoms with Crippen molar-refractivity contribution in [3.63, 3.8) is 0 Å². The summed E-state index contributed by atoms with van der Waals surface area (Å²) >= 11 is 0. The zero-order chi connectivity index (χ0) is 27.1. The third-order valence-corrected chi connectivity index (χ3v) is 7.76. The van der Waals surface area contributed by atoms with Crippen LogP contribution >= 0.6 is 0 Å². The first-order valence-electron chi connectivity index (χ1n) is 13.9. The van der Waals surface area contributed by atoms with Gasteiger partial charge in [0.2, 0.25) is 11.8 Å². The van der Waals surface area contributed by atoms with Gasteiger partial charge in [-0.1, -0.05) is 31.4 Å².